The average Bonchev–Trinajstić information content (AvgIpc) is 2.06. The fourth-order valence-corrected chi connectivity index (χ4v) is 1.84. The summed E-state index contributed by atoms with van der Waals surface area (Å²) in [5.74, 6) is 0.466. The second-order valence-electron chi connectivity index (χ2n) is 4.89. The van der Waals surface area contributed by atoms with Crippen LogP contribution in [0.4, 0.5) is 0 Å². The Morgan fingerprint density at radius 1 is 1.43 bits per heavy atom. The quantitative estimate of drug-likeness (QED) is 0.681. The van der Waals surface area contributed by atoms with Gasteiger partial charge in [0.1, 0.15) is 0 Å². The molecule has 0 spiro atoms. The van der Waals surface area contributed by atoms with Crippen molar-refractivity contribution in [2.24, 2.45) is 5.92 Å². The van der Waals surface area contributed by atoms with Gasteiger partial charge in [0.25, 0.3) is 0 Å². The van der Waals surface area contributed by atoms with E-state index in [-0.39, 0.29) is 11.0 Å². The van der Waals surface area contributed by atoms with Crippen molar-refractivity contribution in [3.8, 4) is 0 Å². The summed E-state index contributed by atoms with van der Waals surface area (Å²) >= 11 is 6.20. The van der Waals surface area contributed by atoms with Crippen LogP contribution in [0.5, 0.6) is 0 Å². The molecule has 3 heteroatoms. The van der Waals surface area contributed by atoms with Crippen molar-refractivity contribution in [2.75, 3.05) is 19.8 Å². The van der Waals surface area contributed by atoms with Gasteiger partial charge in [-0.3, -0.25) is 0 Å². The maximum absolute atomic E-state index is 6.20. The van der Waals surface area contributed by atoms with Crippen LogP contribution in [0.15, 0.2) is 0 Å². The molecule has 0 saturated carbocycles. The molecular formula is C11H21ClO2. The Kier molecular flexibility index (Phi) is 4.68. The summed E-state index contributed by atoms with van der Waals surface area (Å²) in [6.07, 6.45) is 1.98. The first-order valence-electron chi connectivity index (χ1n) is 5.35. The van der Waals surface area contributed by atoms with Gasteiger partial charge in [0, 0.05) is 24.5 Å². The Hall–Kier alpha value is 0.210. The maximum Gasteiger partial charge on any atom is 0.0598 e. The molecular weight excluding hydrogens is 200 g/mol. The molecule has 2 atom stereocenters. The monoisotopic (exact) mass is 220 g/mol. The summed E-state index contributed by atoms with van der Waals surface area (Å²) in [5, 5.41) is 0.271. The Morgan fingerprint density at radius 3 is 2.71 bits per heavy atom. The van der Waals surface area contributed by atoms with Gasteiger partial charge in [0.05, 0.1) is 12.2 Å². The first-order chi connectivity index (χ1) is 6.49. The van der Waals surface area contributed by atoms with Gasteiger partial charge in [-0.15, -0.1) is 11.6 Å². The van der Waals surface area contributed by atoms with Crippen LogP contribution >= 0.6 is 11.6 Å². The second kappa shape index (κ2) is 5.34. The molecule has 1 rings (SSSR count). The van der Waals surface area contributed by atoms with Gasteiger partial charge in [0.2, 0.25) is 0 Å². The summed E-state index contributed by atoms with van der Waals surface area (Å²) in [7, 11) is 0. The first-order valence-corrected chi connectivity index (χ1v) is 5.78. The van der Waals surface area contributed by atoms with E-state index in [1.54, 1.807) is 0 Å². The van der Waals surface area contributed by atoms with E-state index in [0.29, 0.717) is 5.92 Å². The lowest BCUT2D eigenvalue weighted by Gasteiger charge is -2.28. The molecule has 0 aromatic rings. The lowest BCUT2D eigenvalue weighted by Crippen LogP contribution is -2.30. The predicted octanol–water partition coefficient (Wildman–Crippen LogP) is 2.84. The summed E-state index contributed by atoms with van der Waals surface area (Å²) in [4.78, 5) is 0. The number of rotatable bonds is 3. The molecule has 84 valence electrons. The molecule has 1 fully saturated rings. The van der Waals surface area contributed by atoms with Crippen molar-refractivity contribution in [2.45, 2.75) is 44.6 Å². The van der Waals surface area contributed by atoms with E-state index in [2.05, 4.69) is 20.8 Å². The number of hydrogen-bond acceptors (Lipinski definition) is 2. The molecule has 0 aromatic carbocycles. The van der Waals surface area contributed by atoms with Gasteiger partial charge in [-0.25, -0.2) is 0 Å². The predicted molar refractivity (Wildman–Crippen MR) is 58.9 cm³/mol. The third kappa shape index (κ3) is 4.63. The zero-order chi connectivity index (χ0) is 10.6. The standard InChI is InChI=1S/C11H21ClO2/c1-11(2,3)14-7-4-9-8-13-6-5-10(9)12/h9-10H,4-8H2,1-3H3. The largest absolute Gasteiger partial charge is 0.381 e. The van der Waals surface area contributed by atoms with E-state index < -0.39 is 0 Å². The molecule has 1 saturated heterocycles. The van der Waals surface area contributed by atoms with Gasteiger partial charge in [-0.05, 0) is 33.6 Å². The Morgan fingerprint density at radius 2 is 2.14 bits per heavy atom. The average molecular weight is 221 g/mol. The maximum atomic E-state index is 6.20. The SMILES string of the molecule is CC(C)(C)OCCC1COCCC1Cl. The third-order valence-electron chi connectivity index (χ3n) is 2.41. The van der Waals surface area contributed by atoms with E-state index in [1.807, 2.05) is 0 Å². The van der Waals surface area contributed by atoms with Gasteiger partial charge in [-0.2, -0.15) is 0 Å². The van der Waals surface area contributed by atoms with Crippen LogP contribution < -0.4 is 0 Å². The highest BCUT2D eigenvalue weighted by atomic mass is 35.5. The fraction of sp³-hybridized carbons (Fsp3) is 1.00. The van der Waals surface area contributed by atoms with E-state index in [9.17, 15) is 0 Å². The molecule has 2 nitrogen and oxygen atoms in total. The summed E-state index contributed by atoms with van der Waals surface area (Å²) in [6.45, 7) is 8.60. The van der Waals surface area contributed by atoms with Crippen molar-refractivity contribution >= 4 is 11.6 Å². The van der Waals surface area contributed by atoms with Crippen LogP contribution in [0, 0.1) is 5.92 Å². The normalized spacial score (nSPS) is 29.1. The summed E-state index contributed by atoms with van der Waals surface area (Å²) in [5.41, 5.74) is -0.0443. The third-order valence-corrected chi connectivity index (χ3v) is 2.98. The Labute approximate surface area is 91.9 Å². The zero-order valence-electron chi connectivity index (χ0n) is 9.38. The lowest BCUT2D eigenvalue weighted by atomic mass is 9.98. The zero-order valence-corrected chi connectivity index (χ0v) is 10.1. The number of hydrogen-bond donors (Lipinski definition) is 0. The minimum Gasteiger partial charge on any atom is -0.381 e. The van der Waals surface area contributed by atoms with E-state index in [1.165, 1.54) is 0 Å². The van der Waals surface area contributed by atoms with Crippen LogP contribution in [0.3, 0.4) is 0 Å². The van der Waals surface area contributed by atoms with Crippen LogP contribution in [0.2, 0.25) is 0 Å². The number of halogens is 1. The molecule has 0 aromatic heterocycles. The summed E-state index contributed by atoms with van der Waals surface area (Å²) in [6, 6.07) is 0. The Bertz CT molecular complexity index is 165. The molecule has 1 heterocycles. The van der Waals surface area contributed by atoms with Crippen LogP contribution in [-0.2, 0) is 9.47 Å². The number of ether oxygens (including phenoxy) is 2. The minimum absolute atomic E-state index is 0.0443. The molecule has 0 N–H and O–H groups in total. The first kappa shape index (κ1) is 12.3. The van der Waals surface area contributed by atoms with Crippen LogP contribution in [-0.4, -0.2) is 30.8 Å². The molecule has 0 amide bonds. The van der Waals surface area contributed by atoms with E-state index in [4.69, 9.17) is 21.1 Å². The minimum atomic E-state index is -0.0443. The van der Waals surface area contributed by atoms with E-state index in [0.717, 1.165) is 32.7 Å². The molecule has 1 aliphatic rings. The van der Waals surface area contributed by atoms with Crippen molar-refractivity contribution in [3.63, 3.8) is 0 Å². The number of alkyl halides is 1. The second-order valence-corrected chi connectivity index (χ2v) is 5.45. The van der Waals surface area contributed by atoms with Gasteiger partial charge < -0.3 is 9.47 Å². The summed E-state index contributed by atoms with van der Waals surface area (Å²) < 4.78 is 11.1. The van der Waals surface area contributed by atoms with Gasteiger partial charge in [0.15, 0.2) is 0 Å². The smallest absolute Gasteiger partial charge is 0.0598 e. The highest BCUT2D eigenvalue weighted by Gasteiger charge is 2.24. The van der Waals surface area contributed by atoms with Gasteiger partial charge in [-0.1, -0.05) is 0 Å². The molecule has 0 radical (unpaired) electrons. The van der Waals surface area contributed by atoms with Crippen molar-refractivity contribution < 1.29 is 9.47 Å². The lowest BCUT2D eigenvalue weighted by molar-refractivity contribution is -0.0222. The van der Waals surface area contributed by atoms with Crippen LogP contribution in [0.25, 0.3) is 0 Å². The fourth-order valence-electron chi connectivity index (χ4n) is 1.55. The van der Waals surface area contributed by atoms with E-state index >= 15 is 0 Å². The molecule has 2 unspecified atom stereocenters. The van der Waals surface area contributed by atoms with Crippen molar-refractivity contribution in [1.82, 2.24) is 0 Å². The highest BCUT2D eigenvalue weighted by Crippen LogP contribution is 2.23. The highest BCUT2D eigenvalue weighted by molar-refractivity contribution is 6.20. The molecule has 1 aliphatic heterocycles. The van der Waals surface area contributed by atoms with Crippen molar-refractivity contribution in [3.05, 3.63) is 0 Å². The topological polar surface area (TPSA) is 18.5 Å². The molecule has 14 heavy (non-hydrogen) atoms. The molecule has 0 aliphatic carbocycles. The van der Waals surface area contributed by atoms with Crippen LogP contribution in [0.1, 0.15) is 33.6 Å². The van der Waals surface area contributed by atoms with Gasteiger partial charge >= 0.3 is 0 Å². The Balaban J connectivity index is 2.17. The molecule has 0 bridgehead atoms. The van der Waals surface area contributed by atoms with Crippen molar-refractivity contribution in [1.29, 1.82) is 0 Å².